The minimum atomic E-state index is -0.190. The molecule has 0 fully saturated rings. The third-order valence-corrected chi connectivity index (χ3v) is 10.3. The van der Waals surface area contributed by atoms with Gasteiger partial charge in [-0.05, 0) is 54.6 Å². The molecule has 224 valence electrons. The van der Waals surface area contributed by atoms with E-state index >= 15 is 0 Å². The summed E-state index contributed by atoms with van der Waals surface area (Å²) in [4.78, 5) is 10.9. The Morgan fingerprint density at radius 2 is 1.45 bits per heavy atom. The van der Waals surface area contributed by atoms with Crippen molar-refractivity contribution in [3.63, 3.8) is 0 Å². The maximum absolute atomic E-state index is 7.04. The summed E-state index contributed by atoms with van der Waals surface area (Å²) in [6.45, 7) is 8.99. The molecular formula is C43H31N3O. The van der Waals surface area contributed by atoms with E-state index in [1.807, 2.05) is 0 Å². The van der Waals surface area contributed by atoms with Crippen LogP contribution in [0.5, 0.6) is 0 Å². The van der Waals surface area contributed by atoms with Crippen molar-refractivity contribution in [1.29, 1.82) is 0 Å². The summed E-state index contributed by atoms with van der Waals surface area (Å²) in [5, 5.41) is 6.81. The summed E-state index contributed by atoms with van der Waals surface area (Å²) in [6.07, 6.45) is 0. The molecule has 0 atom stereocenters. The lowest BCUT2D eigenvalue weighted by atomic mass is 9.81. The van der Waals surface area contributed by atoms with Crippen LogP contribution in [0.3, 0.4) is 0 Å². The molecule has 1 aliphatic rings. The van der Waals surface area contributed by atoms with E-state index in [4.69, 9.17) is 14.4 Å². The summed E-state index contributed by atoms with van der Waals surface area (Å²) in [6, 6.07) is 41.0. The van der Waals surface area contributed by atoms with E-state index in [-0.39, 0.29) is 5.41 Å². The summed E-state index contributed by atoms with van der Waals surface area (Å²) in [7, 11) is 0. The molecule has 0 saturated heterocycles. The highest BCUT2D eigenvalue weighted by Crippen LogP contribution is 2.54. The Morgan fingerprint density at radius 3 is 2.32 bits per heavy atom. The summed E-state index contributed by atoms with van der Waals surface area (Å²) in [5.74, 6) is 1.61. The molecule has 3 aromatic heterocycles. The highest BCUT2D eigenvalue weighted by Gasteiger charge is 2.41. The average molecular weight is 606 g/mol. The molecule has 9 aromatic rings. The zero-order chi connectivity index (χ0) is 31.6. The molecular weight excluding hydrogens is 574 g/mol. The van der Waals surface area contributed by atoms with E-state index in [2.05, 4.69) is 148 Å². The lowest BCUT2D eigenvalue weighted by Crippen LogP contribution is -2.14. The van der Waals surface area contributed by atoms with Gasteiger partial charge in [0.15, 0.2) is 5.58 Å². The average Bonchev–Trinajstić information content (AvgIpc) is 3.72. The van der Waals surface area contributed by atoms with Crippen molar-refractivity contribution in [2.75, 3.05) is 0 Å². The molecule has 0 spiro atoms. The second kappa shape index (κ2) is 9.17. The zero-order valence-electron chi connectivity index (χ0n) is 26.7. The fraction of sp³-hybridized carbons (Fsp3) is 0.116. The van der Waals surface area contributed by atoms with Gasteiger partial charge in [-0.15, -0.1) is 0 Å². The minimum absolute atomic E-state index is 0.190. The third kappa shape index (κ3) is 3.47. The predicted molar refractivity (Wildman–Crippen MR) is 194 cm³/mol. The quantitative estimate of drug-likeness (QED) is 0.184. The summed E-state index contributed by atoms with van der Waals surface area (Å²) in [5.41, 5.74) is 11.8. The van der Waals surface area contributed by atoms with Crippen LogP contribution in [0.4, 0.5) is 0 Å². The number of aryl methyl sites for hydroxylation is 2. The van der Waals surface area contributed by atoms with E-state index in [0.29, 0.717) is 5.95 Å². The molecule has 0 radical (unpaired) electrons. The molecule has 0 amide bonds. The minimum Gasteiger partial charge on any atom is -0.453 e. The van der Waals surface area contributed by atoms with E-state index in [0.717, 1.165) is 66.1 Å². The molecule has 4 heteroatoms. The van der Waals surface area contributed by atoms with Crippen molar-refractivity contribution in [3.8, 4) is 28.5 Å². The van der Waals surface area contributed by atoms with Crippen molar-refractivity contribution < 1.29 is 4.42 Å². The fourth-order valence-electron chi connectivity index (χ4n) is 8.21. The van der Waals surface area contributed by atoms with Crippen LogP contribution in [0.1, 0.15) is 36.1 Å². The number of hydrogen-bond donors (Lipinski definition) is 0. The topological polar surface area (TPSA) is 43.9 Å². The van der Waals surface area contributed by atoms with Gasteiger partial charge in [-0.2, -0.15) is 0 Å². The second-order valence-corrected chi connectivity index (χ2v) is 13.5. The van der Waals surface area contributed by atoms with Gasteiger partial charge in [0.05, 0.1) is 16.7 Å². The van der Waals surface area contributed by atoms with Crippen molar-refractivity contribution in [2.45, 2.75) is 33.1 Å². The van der Waals surface area contributed by atoms with Gasteiger partial charge in [-0.25, -0.2) is 9.97 Å². The number of nitrogens with zero attached hydrogens (tertiary/aromatic N) is 3. The van der Waals surface area contributed by atoms with Crippen LogP contribution in [-0.4, -0.2) is 14.5 Å². The SMILES string of the molecule is Cc1ccc2ccc3c(-c4ccccc4)nc(-n4c5ccccc5c5c(C)cc6c7c(oc6c54)-c4ccccc4C7(C)C)nc3c2c1. The molecule has 6 aromatic carbocycles. The molecule has 0 aliphatic heterocycles. The van der Waals surface area contributed by atoms with Crippen molar-refractivity contribution >= 4 is 54.5 Å². The van der Waals surface area contributed by atoms with Gasteiger partial charge in [-0.1, -0.05) is 110 Å². The molecule has 47 heavy (non-hydrogen) atoms. The van der Waals surface area contributed by atoms with Gasteiger partial charge in [-0.3, -0.25) is 4.57 Å². The van der Waals surface area contributed by atoms with Crippen molar-refractivity contribution in [2.24, 2.45) is 0 Å². The predicted octanol–water partition coefficient (Wildman–Crippen LogP) is 11.2. The number of aromatic nitrogens is 3. The van der Waals surface area contributed by atoms with E-state index in [1.165, 1.54) is 33.2 Å². The number of fused-ring (bicyclic) bond motifs is 12. The van der Waals surface area contributed by atoms with Crippen LogP contribution in [-0.2, 0) is 5.41 Å². The monoisotopic (exact) mass is 605 g/mol. The van der Waals surface area contributed by atoms with Crippen LogP contribution in [0, 0.1) is 13.8 Å². The smallest absolute Gasteiger partial charge is 0.235 e. The maximum atomic E-state index is 7.04. The molecule has 3 heterocycles. The van der Waals surface area contributed by atoms with Crippen LogP contribution in [0.2, 0.25) is 0 Å². The largest absolute Gasteiger partial charge is 0.453 e. The molecule has 0 bridgehead atoms. The third-order valence-electron chi connectivity index (χ3n) is 10.3. The van der Waals surface area contributed by atoms with Gasteiger partial charge in [0, 0.05) is 49.0 Å². The molecule has 1 aliphatic carbocycles. The number of para-hydroxylation sites is 1. The van der Waals surface area contributed by atoms with Gasteiger partial charge >= 0.3 is 0 Å². The fourth-order valence-corrected chi connectivity index (χ4v) is 8.21. The first-order valence-electron chi connectivity index (χ1n) is 16.3. The lowest BCUT2D eigenvalue weighted by molar-refractivity contribution is 0.620. The number of hydrogen-bond acceptors (Lipinski definition) is 3. The number of furan rings is 1. The summed E-state index contributed by atoms with van der Waals surface area (Å²) >= 11 is 0. The first-order chi connectivity index (χ1) is 22.9. The Morgan fingerprint density at radius 1 is 0.681 bits per heavy atom. The van der Waals surface area contributed by atoms with Gasteiger partial charge in [0.25, 0.3) is 0 Å². The Labute approximate surface area is 271 Å². The molecule has 0 N–H and O–H groups in total. The molecule has 10 rings (SSSR count). The Hall–Kier alpha value is -5.74. The lowest BCUT2D eigenvalue weighted by Gasteiger charge is -2.21. The van der Waals surface area contributed by atoms with Crippen LogP contribution in [0.25, 0.3) is 83.0 Å². The highest BCUT2D eigenvalue weighted by molar-refractivity contribution is 6.20. The number of rotatable bonds is 2. The van der Waals surface area contributed by atoms with E-state index < -0.39 is 0 Å². The normalized spacial score (nSPS) is 13.7. The second-order valence-electron chi connectivity index (χ2n) is 13.5. The first kappa shape index (κ1) is 26.5. The molecule has 0 unspecified atom stereocenters. The van der Waals surface area contributed by atoms with Crippen LogP contribution < -0.4 is 0 Å². The van der Waals surface area contributed by atoms with Gasteiger partial charge < -0.3 is 4.42 Å². The van der Waals surface area contributed by atoms with Gasteiger partial charge in [0.2, 0.25) is 5.95 Å². The first-order valence-corrected chi connectivity index (χ1v) is 16.3. The Kier molecular flexibility index (Phi) is 5.17. The Balaban J connectivity index is 1.40. The van der Waals surface area contributed by atoms with Crippen molar-refractivity contribution in [3.05, 3.63) is 138 Å². The standard InChI is InChI=1S/C43H31N3O/c1-24-18-19-26-20-21-30-37(27-12-6-5-7-13-27)44-42(45-38(30)31(26)22-24)46-34-17-11-9-15-29(34)35-25(2)23-32-36-40(47-41(32)39(35)46)28-14-8-10-16-33(28)43(36,3)4/h5-23H,1-4H3. The zero-order valence-corrected chi connectivity index (χ0v) is 26.7. The highest BCUT2D eigenvalue weighted by atomic mass is 16.3. The maximum Gasteiger partial charge on any atom is 0.235 e. The van der Waals surface area contributed by atoms with Crippen LogP contribution in [0.15, 0.2) is 120 Å². The van der Waals surface area contributed by atoms with Crippen LogP contribution >= 0.6 is 0 Å². The Bertz CT molecular complexity index is 2780. The van der Waals surface area contributed by atoms with Crippen molar-refractivity contribution in [1.82, 2.24) is 14.5 Å². The van der Waals surface area contributed by atoms with Gasteiger partial charge in [0.1, 0.15) is 11.3 Å². The summed E-state index contributed by atoms with van der Waals surface area (Å²) < 4.78 is 9.29. The number of benzene rings is 6. The van der Waals surface area contributed by atoms with E-state index in [1.54, 1.807) is 0 Å². The molecule has 4 nitrogen and oxygen atoms in total. The molecule has 0 saturated carbocycles. The van der Waals surface area contributed by atoms with E-state index in [9.17, 15) is 0 Å².